The Morgan fingerprint density at radius 2 is 1.90 bits per heavy atom. The number of halogens is 1. The summed E-state index contributed by atoms with van der Waals surface area (Å²) in [7, 11) is 0. The maximum Gasteiger partial charge on any atom is 0.251 e. The number of nitrogens with zero attached hydrogens (tertiary/aromatic N) is 4. The van der Waals surface area contributed by atoms with E-state index in [1.54, 1.807) is 24.3 Å². The predicted octanol–water partition coefficient (Wildman–Crippen LogP) is 2.97. The fourth-order valence-corrected chi connectivity index (χ4v) is 4.22. The normalized spacial score (nSPS) is 19.2. The van der Waals surface area contributed by atoms with Gasteiger partial charge in [0.25, 0.3) is 5.91 Å². The number of amides is 1. The SMILES string of the molecule is O=C(C1CCCO1)N1CCN(c2nc(-c3ccccc3O)nc3ccc(F)cc23)CC1. The molecule has 8 heteroatoms. The second-order valence-electron chi connectivity index (χ2n) is 7.86. The van der Waals surface area contributed by atoms with Gasteiger partial charge >= 0.3 is 0 Å². The van der Waals surface area contributed by atoms with E-state index in [-0.39, 0.29) is 23.6 Å². The summed E-state index contributed by atoms with van der Waals surface area (Å²) in [6.07, 6.45) is 1.37. The number of carbonyl (C=O) groups is 1. The van der Waals surface area contributed by atoms with Gasteiger partial charge in [0.15, 0.2) is 5.82 Å². The second-order valence-corrected chi connectivity index (χ2v) is 7.86. The van der Waals surface area contributed by atoms with Crippen LogP contribution in [0.2, 0.25) is 0 Å². The highest BCUT2D eigenvalue weighted by Crippen LogP contribution is 2.32. The van der Waals surface area contributed by atoms with Crippen LogP contribution in [0.5, 0.6) is 5.75 Å². The lowest BCUT2D eigenvalue weighted by atomic mass is 10.1. The number of rotatable bonds is 3. The van der Waals surface area contributed by atoms with Crippen LogP contribution in [0.25, 0.3) is 22.3 Å². The quantitative estimate of drug-likeness (QED) is 0.699. The summed E-state index contributed by atoms with van der Waals surface area (Å²) in [6.45, 7) is 2.88. The van der Waals surface area contributed by atoms with Crippen molar-refractivity contribution in [3.8, 4) is 17.1 Å². The van der Waals surface area contributed by atoms with Crippen LogP contribution >= 0.6 is 0 Å². The van der Waals surface area contributed by atoms with E-state index in [9.17, 15) is 14.3 Å². The molecule has 7 nitrogen and oxygen atoms in total. The smallest absolute Gasteiger partial charge is 0.251 e. The summed E-state index contributed by atoms with van der Waals surface area (Å²) in [5.74, 6) is 0.754. The van der Waals surface area contributed by atoms with Crippen molar-refractivity contribution in [2.45, 2.75) is 18.9 Å². The molecule has 5 rings (SSSR count). The number of piperazine rings is 1. The van der Waals surface area contributed by atoms with Gasteiger partial charge in [-0.25, -0.2) is 14.4 Å². The zero-order chi connectivity index (χ0) is 21.4. The minimum absolute atomic E-state index is 0.0469. The molecule has 2 aliphatic heterocycles. The number of phenols is 1. The topological polar surface area (TPSA) is 78.8 Å². The Bertz CT molecular complexity index is 1130. The van der Waals surface area contributed by atoms with E-state index in [1.807, 2.05) is 15.9 Å². The first-order chi connectivity index (χ1) is 15.1. The third kappa shape index (κ3) is 3.79. The lowest BCUT2D eigenvalue weighted by Gasteiger charge is -2.36. The molecule has 0 radical (unpaired) electrons. The third-order valence-electron chi connectivity index (χ3n) is 5.88. The summed E-state index contributed by atoms with van der Waals surface area (Å²) in [6, 6.07) is 11.3. The van der Waals surface area contributed by atoms with E-state index >= 15 is 0 Å². The number of ether oxygens (including phenoxy) is 1. The molecule has 2 fully saturated rings. The van der Waals surface area contributed by atoms with Crippen LogP contribution in [-0.4, -0.2) is 64.8 Å². The highest BCUT2D eigenvalue weighted by molar-refractivity contribution is 5.91. The molecular formula is C23H23FN4O3. The lowest BCUT2D eigenvalue weighted by molar-refractivity contribution is -0.141. The van der Waals surface area contributed by atoms with Crippen LogP contribution in [0.3, 0.4) is 0 Å². The minimum atomic E-state index is -0.361. The van der Waals surface area contributed by atoms with E-state index in [2.05, 4.69) is 4.98 Å². The molecule has 0 spiro atoms. The number of hydrogen-bond donors (Lipinski definition) is 1. The van der Waals surface area contributed by atoms with Crippen molar-refractivity contribution in [2.24, 2.45) is 0 Å². The predicted molar refractivity (Wildman–Crippen MR) is 114 cm³/mol. The fraction of sp³-hybridized carbons (Fsp3) is 0.348. The van der Waals surface area contributed by atoms with Crippen LogP contribution in [0.15, 0.2) is 42.5 Å². The van der Waals surface area contributed by atoms with Gasteiger partial charge in [0.05, 0.1) is 11.1 Å². The average molecular weight is 422 g/mol. The van der Waals surface area contributed by atoms with E-state index < -0.39 is 0 Å². The van der Waals surface area contributed by atoms with E-state index in [0.29, 0.717) is 60.9 Å². The summed E-state index contributed by atoms with van der Waals surface area (Å²) < 4.78 is 19.6. The monoisotopic (exact) mass is 422 g/mol. The number of phenolic OH excluding ortho intramolecular Hbond substituents is 1. The Kier molecular flexibility index (Phi) is 5.15. The molecule has 2 aromatic carbocycles. The van der Waals surface area contributed by atoms with E-state index in [4.69, 9.17) is 9.72 Å². The van der Waals surface area contributed by atoms with Crippen LogP contribution < -0.4 is 4.90 Å². The Morgan fingerprint density at radius 3 is 2.65 bits per heavy atom. The maximum absolute atomic E-state index is 14.0. The molecular weight excluding hydrogens is 399 g/mol. The molecule has 0 aliphatic carbocycles. The van der Waals surface area contributed by atoms with Crippen molar-refractivity contribution in [3.63, 3.8) is 0 Å². The highest BCUT2D eigenvalue weighted by Gasteiger charge is 2.31. The van der Waals surface area contributed by atoms with Crippen molar-refractivity contribution >= 4 is 22.6 Å². The number of carbonyl (C=O) groups excluding carboxylic acids is 1. The Balaban J connectivity index is 1.47. The van der Waals surface area contributed by atoms with Crippen molar-refractivity contribution in [1.29, 1.82) is 0 Å². The first-order valence-corrected chi connectivity index (χ1v) is 10.5. The molecule has 0 bridgehead atoms. The summed E-state index contributed by atoms with van der Waals surface area (Å²) in [5, 5.41) is 10.9. The zero-order valence-electron chi connectivity index (χ0n) is 17.0. The number of para-hydroxylation sites is 1. The molecule has 3 heterocycles. The van der Waals surface area contributed by atoms with Crippen molar-refractivity contribution in [3.05, 3.63) is 48.3 Å². The number of fused-ring (bicyclic) bond motifs is 1. The molecule has 2 aliphatic rings. The van der Waals surface area contributed by atoms with Gasteiger partial charge in [0.2, 0.25) is 0 Å². The van der Waals surface area contributed by atoms with Crippen molar-refractivity contribution in [2.75, 3.05) is 37.7 Å². The molecule has 1 N–H and O–H groups in total. The van der Waals surface area contributed by atoms with Gasteiger partial charge in [0, 0.05) is 38.2 Å². The molecule has 31 heavy (non-hydrogen) atoms. The van der Waals surface area contributed by atoms with Gasteiger partial charge in [-0.2, -0.15) is 0 Å². The molecule has 1 amide bonds. The summed E-state index contributed by atoms with van der Waals surface area (Å²) in [5.41, 5.74) is 1.12. The van der Waals surface area contributed by atoms with Crippen LogP contribution in [0.4, 0.5) is 10.2 Å². The van der Waals surface area contributed by atoms with Crippen LogP contribution in [0, 0.1) is 5.82 Å². The minimum Gasteiger partial charge on any atom is -0.507 e. The number of hydrogen-bond acceptors (Lipinski definition) is 6. The molecule has 160 valence electrons. The maximum atomic E-state index is 14.0. The van der Waals surface area contributed by atoms with E-state index in [0.717, 1.165) is 12.8 Å². The third-order valence-corrected chi connectivity index (χ3v) is 5.88. The molecule has 1 unspecified atom stereocenters. The highest BCUT2D eigenvalue weighted by atomic mass is 19.1. The second kappa shape index (κ2) is 8.11. The van der Waals surface area contributed by atoms with E-state index in [1.165, 1.54) is 12.1 Å². The Morgan fingerprint density at radius 1 is 1.10 bits per heavy atom. The van der Waals surface area contributed by atoms with Gasteiger partial charge < -0.3 is 19.6 Å². The van der Waals surface area contributed by atoms with Gasteiger partial charge in [-0.15, -0.1) is 0 Å². The first kappa shape index (κ1) is 19.7. The van der Waals surface area contributed by atoms with Crippen molar-refractivity contribution in [1.82, 2.24) is 14.9 Å². The van der Waals surface area contributed by atoms with Crippen LogP contribution in [-0.2, 0) is 9.53 Å². The number of aromatic nitrogens is 2. The molecule has 2 saturated heterocycles. The molecule has 0 saturated carbocycles. The number of anilines is 1. The zero-order valence-corrected chi connectivity index (χ0v) is 17.0. The average Bonchev–Trinajstić information content (AvgIpc) is 3.33. The number of benzene rings is 2. The number of aromatic hydroxyl groups is 1. The fourth-order valence-electron chi connectivity index (χ4n) is 4.22. The van der Waals surface area contributed by atoms with Gasteiger partial charge in [-0.1, -0.05) is 12.1 Å². The van der Waals surface area contributed by atoms with Gasteiger partial charge in [0.1, 0.15) is 23.5 Å². The molecule has 1 aromatic heterocycles. The molecule has 1 atom stereocenters. The van der Waals surface area contributed by atoms with Gasteiger partial charge in [-0.05, 0) is 43.2 Å². The first-order valence-electron chi connectivity index (χ1n) is 10.5. The largest absolute Gasteiger partial charge is 0.507 e. The Labute approximate surface area is 179 Å². The van der Waals surface area contributed by atoms with Gasteiger partial charge in [-0.3, -0.25) is 4.79 Å². The summed E-state index contributed by atoms with van der Waals surface area (Å²) >= 11 is 0. The Hall–Kier alpha value is -3.26. The standard InChI is InChI=1S/C23H23FN4O3/c24-15-7-8-18-17(14-15)22(26-21(25-18)16-4-1-2-5-19(16)29)27-9-11-28(12-10-27)23(30)20-6-3-13-31-20/h1-2,4-5,7-8,14,20,29H,3,6,9-13H2. The lowest BCUT2D eigenvalue weighted by Crippen LogP contribution is -2.51. The van der Waals surface area contributed by atoms with Crippen molar-refractivity contribution < 1.29 is 19.0 Å². The molecule has 3 aromatic rings. The van der Waals surface area contributed by atoms with Crippen LogP contribution in [0.1, 0.15) is 12.8 Å². The summed E-state index contributed by atoms with van der Waals surface area (Å²) in [4.78, 5) is 25.8.